The number of hydrogen-bond acceptors (Lipinski definition) is 8. The highest BCUT2D eigenvalue weighted by molar-refractivity contribution is 5.87. The Morgan fingerprint density at radius 2 is 1.65 bits per heavy atom. The number of nitrogens with zero attached hydrogens (tertiary/aromatic N) is 4. The summed E-state index contributed by atoms with van der Waals surface area (Å²) in [6.07, 6.45) is 4.29. The predicted molar refractivity (Wildman–Crippen MR) is 121 cm³/mol. The molecule has 3 aromatic heterocycles. The maximum atomic E-state index is 5.36. The third-order valence-corrected chi connectivity index (χ3v) is 4.73. The normalized spacial score (nSPS) is 10.6. The van der Waals surface area contributed by atoms with Crippen molar-refractivity contribution in [3.8, 4) is 11.5 Å². The van der Waals surface area contributed by atoms with Crippen LogP contribution in [-0.4, -0.2) is 40.7 Å². The number of fused-ring (bicyclic) bond motifs is 1. The van der Waals surface area contributed by atoms with E-state index >= 15 is 0 Å². The first-order valence-electron chi connectivity index (χ1n) is 9.97. The zero-order valence-corrected chi connectivity index (χ0v) is 17.5. The molecule has 8 nitrogen and oxygen atoms in total. The standard InChI is InChI=1S/C23H24N6O2/c1-30-18-12-16(13-19(14-18)31-2)15-27-22-20-7-5-10-25-21(20)28-23(29-22)26-11-8-17-6-3-4-9-24-17/h3-7,9-10,12-14H,8,11,15H2,1-2H3,(H2,25,26,27,28,29). The van der Waals surface area contributed by atoms with E-state index in [9.17, 15) is 0 Å². The third kappa shape index (κ3) is 5.16. The molecule has 0 bridgehead atoms. The smallest absolute Gasteiger partial charge is 0.226 e. The number of anilines is 2. The van der Waals surface area contributed by atoms with E-state index in [0.717, 1.165) is 34.6 Å². The second-order valence-electron chi connectivity index (χ2n) is 6.84. The molecule has 8 heteroatoms. The Labute approximate surface area is 180 Å². The summed E-state index contributed by atoms with van der Waals surface area (Å²) in [5.41, 5.74) is 2.65. The van der Waals surface area contributed by atoms with Crippen LogP contribution in [0.25, 0.3) is 11.0 Å². The van der Waals surface area contributed by atoms with E-state index < -0.39 is 0 Å². The van der Waals surface area contributed by atoms with E-state index in [1.54, 1.807) is 26.6 Å². The summed E-state index contributed by atoms with van der Waals surface area (Å²) in [6, 6.07) is 15.5. The van der Waals surface area contributed by atoms with Crippen molar-refractivity contribution in [2.24, 2.45) is 0 Å². The molecule has 1 aromatic carbocycles. The predicted octanol–water partition coefficient (Wildman–Crippen LogP) is 3.70. The van der Waals surface area contributed by atoms with Crippen LogP contribution < -0.4 is 20.1 Å². The van der Waals surface area contributed by atoms with Crippen molar-refractivity contribution in [2.45, 2.75) is 13.0 Å². The summed E-state index contributed by atoms with van der Waals surface area (Å²) in [5.74, 6) is 2.71. The molecule has 0 fully saturated rings. The third-order valence-electron chi connectivity index (χ3n) is 4.73. The summed E-state index contributed by atoms with van der Waals surface area (Å²) < 4.78 is 10.7. The van der Waals surface area contributed by atoms with Crippen LogP contribution >= 0.6 is 0 Å². The number of rotatable bonds is 9. The van der Waals surface area contributed by atoms with Crippen LogP contribution in [-0.2, 0) is 13.0 Å². The number of ether oxygens (including phenoxy) is 2. The molecule has 0 saturated carbocycles. The Kier molecular flexibility index (Phi) is 6.37. The zero-order chi connectivity index (χ0) is 21.5. The van der Waals surface area contributed by atoms with Crippen molar-refractivity contribution in [2.75, 3.05) is 31.4 Å². The molecule has 158 valence electrons. The second kappa shape index (κ2) is 9.71. The Bertz CT molecular complexity index is 1130. The van der Waals surface area contributed by atoms with E-state index in [0.29, 0.717) is 30.5 Å². The fraction of sp³-hybridized carbons (Fsp3) is 0.217. The van der Waals surface area contributed by atoms with Gasteiger partial charge in [0.2, 0.25) is 5.95 Å². The monoisotopic (exact) mass is 416 g/mol. The largest absolute Gasteiger partial charge is 0.497 e. The number of hydrogen-bond donors (Lipinski definition) is 2. The highest BCUT2D eigenvalue weighted by Gasteiger charge is 2.09. The van der Waals surface area contributed by atoms with E-state index in [1.165, 1.54) is 0 Å². The minimum atomic E-state index is 0.521. The van der Waals surface area contributed by atoms with Crippen LogP contribution in [0, 0.1) is 0 Å². The molecule has 31 heavy (non-hydrogen) atoms. The quantitative estimate of drug-likeness (QED) is 0.427. The van der Waals surface area contributed by atoms with Gasteiger partial charge in [-0.05, 0) is 42.0 Å². The van der Waals surface area contributed by atoms with Crippen LogP contribution in [0.4, 0.5) is 11.8 Å². The van der Waals surface area contributed by atoms with E-state index in [4.69, 9.17) is 9.47 Å². The van der Waals surface area contributed by atoms with Gasteiger partial charge in [0, 0.05) is 43.7 Å². The minimum absolute atomic E-state index is 0.521. The molecule has 0 amide bonds. The molecule has 0 aliphatic rings. The minimum Gasteiger partial charge on any atom is -0.497 e. The highest BCUT2D eigenvalue weighted by Crippen LogP contribution is 2.25. The number of benzene rings is 1. The van der Waals surface area contributed by atoms with Gasteiger partial charge in [-0.2, -0.15) is 9.97 Å². The number of nitrogens with one attached hydrogen (secondary N) is 2. The topological polar surface area (TPSA) is 94.1 Å². The van der Waals surface area contributed by atoms with Gasteiger partial charge in [0.05, 0.1) is 19.6 Å². The molecule has 0 radical (unpaired) electrons. The molecule has 0 aliphatic carbocycles. The fourth-order valence-corrected chi connectivity index (χ4v) is 3.18. The molecular weight excluding hydrogens is 392 g/mol. The average molecular weight is 416 g/mol. The van der Waals surface area contributed by atoms with Crippen LogP contribution in [0.2, 0.25) is 0 Å². The Morgan fingerprint density at radius 1 is 0.839 bits per heavy atom. The summed E-state index contributed by atoms with van der Waals surface area (Å²) in [7, 11) is 3.27. The van der Waals surface area contributed by atoms with Crippen molar-refractivity contribution in [1.82, 2.24) is 19.9 Å². The SMILES string of the molecule is COc1cc(CNc2nc(NCCc3ccccn3)nc3ncccc23)cc(OC)c1. The molecular formula is C23H24N6O2. The molecule has 2 N–H and O–H groups in total. The molecule has 0 aliphatic heterocycles. The molecule has 0 spiro atoms. The molecule has 4 aromatic rings. The van der Waals surface area contributed by atoms with Crippen LogP contribution in [0.1, 0.15) is 11.3 Å². The van der Waals surface area contributed by atoms with E-state index in [1.807, 2.05) is 48.5 Å². The molecule has 0 atom stereocenters. The van der Waals surface area contributed by atoms with Gasteiger partial charge >= 0.3 is 0 Å². The summed E-state index contributed by atoms with van der Waals surface area (Å²) >= 11 is 0. The fourth-order valence-electron chi connectivity index (χ4n) is 3.18. The van der Waals surface area contributed by atoms with Gasteiger partial charge in [0.25, 0.3) is 0 Å². The maximum Gasteiger partial charge on any atom is 0.226 e. The molecule has 0 saturated heterocycles. The van der Waals surface area contributed by atoms with Crippen molar-refractivity contribution in [3.63, 3.8) is 0 Å². The number of pyridine rings is 2. The van der Waals surface area contributed by atoms with Crippen LogP contribution in [0.15, 0.2) is 60.9 Å². The zero-order valence-electron chi connectivity index (χ0n) is 17.5. The lowest BCUT2D eigenvalue weighted by atomic mass is 10.2. The first kappa shape index (κ1) is 20.3. The number of methoxy groups -OCH3 is 2. The number of aromatic nitrogens is 4. The lowest BCUT2D eigenvalue weighted by Gasteiger charge is -2.13. The Morgan fingerprint density at radius 3 is 2.39 bits per heavy atom. The van der Waals surface area contributed by atoms with Crippen molar-refractivity contribution < 1.29 is 9.47 Å². The average Bonchev–Trinajstić information content (AvgIpc) is 2.83. The van der Waals surface area contributed by atoms with Gasteiger partial charge in [0.1, 0.15) is 17.3 Å². The van der Waals surface area contributed by atoms with Gasteiger partial charge in [0.15, 0.2) is 5.65 Å². The van der Waals surface area contributed by atoms with Crippen molar-refractivity contribution in [1.29, 1.82) is 0 Å². The maximum absolute atomic E-state index is 5.36. The van der Waals surface area contributed by atoms with Gasteiger partial charge in [-0.25, -0.2) is 4.98 Å². The summed E-state index contributed by atoms with van der Waals surface area (Å²) in [6.45, 7) is 1.21. The molecule has 4 rings (SSSR count). The second-order valence-corrected chi connectivity index (χ2v) is 6.84. The summed E-state index contributed by atoms with van der Waals surface area (Å²) in [4.78, 5) is 18.0. The highest BCUT2D eigenvalue weighted by atomic mass is 16.5. The first-order chi connectivity index (χ1) is 15.2. The molecule has 0 unspecified atom stereocenters. The van der Waals surface area contributed by atoms with Gasteiger partial charge in [-0.1, -0.05) is 6.07 Å². The van der Waals surface area contributed by atoms with E-state index in [-0.39, 0.29) is 0 Å². The van der Waals surface area contributed by atoms with Gasteiger partial charge in [-0.15, -0.1) is 0 Å². The van der Waals surface area contributed by atoms with Crippen molar-refractivity contribution >= 4 is 22.8 Å². The summed E-state index contributed by atoms with van der Waals surface area (Å²) in [5, 5.41) is 7.53. The Balaban J connectivity index is 1.52. The van der Waals surface area contributed by atoms with E-state index in [2.05, 4.69) is 30.6 Å². The van der Waals surface area contributed by atoms with Crippen molar-refractivity contribution in [3.05, 3.63) is 72.2 Å². The van der Waals surface area contributed by atoms with Gasteiger partial charge in [-0.3, -0.25) is 4.98 Å². The Hall–Kier alpha value is -3.94. The lowest BCUT2D eigenvalue weighted by Crippen LogP contribution is -2.11. The first-order valence-corrected chi connectivity index (χ1v) is 9.97. The molecule has 3 heterocycles. The van der Waals surface area contributed by atoms with Gasteiger partial charge < -0.3 is 20.1 Å². The van der Waals surface area contributed by atoms with Crippen LogP contribution in [0.5, 0.6) is 11.5 Å². The van der Waals surface area contributed by atoms with Crippen LogP contribution in [0.3, 0.4) is 0 Å². The lowest BCUT2D eigenvalue weighted by molar-refractivity contribution is 0.393.